The van der Waals surface area contributed by atoms with Gasteiger partial charge in [0, 0.05) is 7.05 Å². The molecule has 0 saturated carbocycles. The van der Waals surface area contributed by atoms with Crippen LogP contribution in [0.1, 0.15) is 32.6 Å². The summed E-state index contributed by atoms with van der Waals surface area (Å²) in [6.07, 6.45) is 5.81. The Labute approximate surface area is 101 Å². The number of carbonyl (C=O) groups is 2. The Balaban J connectivity index is 2.98. The van der Waals surface area contributed by atoms with Crippen molar-refractivity contribution < 1.29 is 14.7 Å². The Morgan fingerprint density at radius 2 is 2.18 bits per heavy atom. The molecule has 0 aromatic rings. The average molecular weight is 240 g/mol. The molecular weight excluding hydrogens is 220 g/mol. The van der Waals surface area contributed by atoms with Crippen molar-refractivity contribution >= 4 is 11.9 Å². The fraction of sp³-hybridized carbons (Fsp3) is 0.667. The van der Waals surface area contributed by atoms with Gasteiger partial charge in [0.05, 0.1) is 12.0 Å². The summed E-state index contributed by atoms with van der Waals surface area (Å²) in [6.45, 7) is 1.35. The van der Waals surface area contributed by atoms with E-state index in [0.717, 1.165) is 36.2 Å². The molecule has 5 heteroatoms. The van der Waals surface area contributed by atoms with E-state index in [1.54, 1.807) is 6.92 Å². The fourth-order valence-corrected chi connectivity index (χ4v) is 2.12. The maximum Gasteiger partial charge on any atom is 0.321 e. The molecule has 0 heterocycles. The molecule has 0 aliphatic heterocycles. The van der Waals surface area contributed by atoms with Gasteiger partial charge < -0.3 is 10.8 Å². The second-order valence-electron chi connectivity index (χ2n) is 4.67. The molecule has 0 bridgehead atoms. The van der Waals surface area contributed by atoms with Crippen molar-refractivity contribution in [3.05, 3.63) is 11.6 Å². The Morgan fingerprint density at radius 1 is 1.53 bits per heavy atom. The number of carbonyl (C=O) groups excluding carboxylic acids is 2. The highest BCUT2D eigenvalue weighted by Gasteiger charge is 2.39. The number of aliphatic hydroxyl groups excluding tert-OH is 1. The summed E-state index contributed by atoms with van der Waals surface area (Å²) in [4.78, 5) is 24.0. The van der Waals surface area contributed by atoms with Crippen molar-refractivity contribution in [3.8, 4) is 0 Å². The van der Waals surface area contributed by atoms with Crippen molar-refractivity contribution in [2.75, 3.05) is 13.7 Å². The van der Waals surface area contributed by atoms with Crippen LogP contribution in [-0.2, 0) is 4.79 Å². The van der Waals surface area contributed by atoms with E-state index in [2.05, 4.69) is 0 Å². The van der Waals surface area contributed by atoms with Gasteiger partial charge >= 0.3 is 6.03 Å². The first kappa shape index (κ1) is 13.7. The summed E-state index contributed by atoms with van der Waals surface area (Å²) in [6, 6.07) is -0.800. The van der Waals surface area contributed by atoms with E-state index < -0.39 is 17.4 Å². The van der Waals surface area contributed by atoms with E-state index in [9.17, 15) is 14.7 Å². The zero-order valence-corrected chi connectivity index (χ0v) is 10.4. The van der Waals surface area contributed by atoms with Gasteiger partial charge in [0.15, 0.2) is 0 Å². The molecule has 0 fully saturated rings. The minimum Gasteiger partial charge on any atom is -0.395 e. The van der Waals surface area contributed by atoms with E-state index in [1.807, 2.05) is 6.08 Å². The summed E-state index contributed by atoms with van der Waals surface area (Å²) < 4.78 is 0. The highest BCUT2D eigenvalue weighted by atomic mass is 16.3. The Hall–Kier alpha value is -1.36. The Kier molecular flexibility index (Phi) is 4.28. The molecule has 1 rings (SSSR count). The molecular formula is C12H20N2O3. The first-order chi connectivity index (χ1) is 7.93. The lowest BCUT2D eigenvalue weighted by atomic mass is 9.76. The molecule has 3 N–H and O–H groups in total. The van der Waals surface area contributed by atoms with Gasteiger partial charge in [-0.1, -0.05) is 11.6 Å². The van der Waals surface area contributed by atoms with E-state index in [1.165, 1.54) is 7.05 Å². The molecule has 5 nitrogen and oxygen atoms in total. The van der Waals surface area contributed by atoms with Crippen LogP contribution >= 0.6 is 0 Å². The molecule has 3 amide bonds. The van der Waals surface area contributed by atoms with Crippen LogP contribution < -0.4 is 5.73 Å². The highest BCUT2D eigenvalue weighted by Crippen LogP contribution is 2.35. The number of amides is 3. The van der Waals surface area contributed by atoms with Crippen LogP contribution in [0.15, 0.2) is 11.6 Å². The molecule has 1 atom stereocenters. The SMILES string of the molecule is CN(C(N)=O)C(=O)[C@@](C)(CO)C1=CCCCC1. The molecule has 0 spiro atoms. The van der Waals surface area contributed by atoms with E-state index in [0.29, 0.717) is 0 Å². The van der Waals surface area contributed by atoms with Gasteiger partial charge in [-0.2, -0.15) is 0 Å². The van der Waals surface area contributed by atoms with Gasteiger partial charge in [0.25, 0.3) is 0 Å². The van der Waals surface area contributed by atoms with Crippen molar-refractivity contribution in [1.82, 2.24) is 4.90 Å². The standard InChI is InChI=1S/C12H20N2O3/c1-12(8-15,9-6-4-3-5-7-9)10(16)14(2)11(13)17/h6,15H,3-5,7-8H2,1-2H3,(H2,13,17)/t12-/m0/s1. The maximum atomic E-state index is 12.2. The van der Waals surface area contributed by atoms with E-state index in [4.69, 9.17) is 5.73 Å². The van der Waals surface area contributed by atoms with Crippen LogP contribution in [-0.4, -0.2) is 35.6 Å². The lowest BCUT2D eigenvalue weighted by molar-refractivity contribution is -0.136. The topological polar surface area (TPSA) is 83.6 Å². The lowest BCUT2D eigenvalue weighted by Gasteiger charge is -2.33. The summed E-state index contributed by atoms with van der Waals surface area (Å²) in [5, 5.41) is 9.50. The van der Waals surface area contributed by atoms with Gasteiger partial charge in [-0.25, -0.2) is 4.79 Å². The zero-order chi connectivity index (χ0) is 13.1. The first-order valence-corrected chi connectivity index (χ1v) is 5.81. The van der Waals surface area contributed by atoms with Gasteiger partial charge in [-0.3, -0.25) is 9.69 Å². The molecule has 0 radical (unpaired) electrons. The van der Waals surface area contributed by atoms with Crippen LogP contribution in [0.4, 0.5) is 4.79 Å². The zero-order valence-electron chi connectivity index (χ0n) is 10.4. The maximum absolute atomic E-state index is 12.2. The first-order valence-electron chi connectivity index (χ1n) is 5.81. The number of rotatable bonds is 3. The number of hydrogen-bond acceptors (Lipinski definition) is 3. The minimum absolute atomic E-state index is 0.310. The van der Waals surface area contributed by atoms with Gasteiger partial charge in [0.2, 0.25) is 5.91 Å². The van der Waals surface area contributed by atoms with E-state index >= 15 is 0 Å². The number of aliphatic hydroxyl groups is 1. The molecule has 17 heavy (non-hydrogen) atoms. The molecule has 0 aromatic heterocycles. The molecule has 1 aliphatic carbocycles. The number of allylic oxidation sites excluding steroid dienone is 1. The molecule has 0 unspecified atom stereocenters. The van der Waals surface area contributed by atoms with Gasteiger partial charge in [-0.15, -0.1) is 0 Å². The number of urea groups is 1. The molecule has 0 saturated heterocycles. The van der Waals surface area contributed by atoms with Crippen molar-refractivity contribution in [2.45, 2.75) is 32.6 Å². The second-order valence-corrected chi connectivity index (χ2v) is 4.67. The number of hydrogen-bond donors (Lipinski definition) is 2. The predicted molar refractivity (Wildman–Crippen MR) is 64.1 cm³/mol. The highest BCUT2D eigenvalue weighted by molar-refractivity contribution is 5.97. The van der Waals surface area contributed by atoms with Crippen molar-refractivity contribution in [2.24, 2.45) is 11.1 Å². The largest absolute Gasteiger partial charge is 0.395 e. The number of nitrogens with zero attached hydrogens (tertiary/aromatic N) is 1. The predicted octanol–water partition coefficient (Wildman–Crippen LogP) is 1.02. The second kappa shape index (κ2) is 5.31. The summed E-state index contributed by atoms with van der Waals surface area (Å²) in [5.74, 6) is -0.444. The smallest absolute Gasteiger partial charge is 0.321 e. The summed E-state index contributed by atoms with van der Waals surface area (Å²) in [5.41, 5.74) is 4.97. The Bertz CT molecular complexity index is 352. The molecule has 96 valence electrons. The summed E-state index contributed by atoms with van der Waals surface area (Å²) in [7, 11) is 1.34. The van der Waals surface area contributed by atoms with Crippen LogP contribution in [0.25, 0.3) is 0 Å². The monoisotopic (exact) mass is 240 g/mol. The third-order valence-electron chi connectivity index (χ3n) is 3.42. The third kappa shape index (κ3) is 2.66. The number of imide groups is 1. The van der Waals surface area contributed by atoms with Gasteiger partial charge in [0.1, 0.15) is 0 Å². The number of primary amides is 1. The number of nitrogens with two attached hydrogens (primary N) is 1. The van der Waals surface area contributed by atoms with Gasteiger partial charge in [-0.05, 0) is 32.6 Å². The molecule has 1 aliphatic rings. The van der Waals surface area contributed by atoms with Crippen molar-refractivity contribution in [3.63, 3.8) is 0 Å². The average Bonchev–Trinajstić information content (AvgIpc) is 2.36. The molecule has 0 aromatic carbocycles. The van der Waals surface area contributed by atoms with Crippen LogP contribution in [0, 0.1) is 5.41 Å². The van der Waals surface area contributed by atoms with E-state index in [-0.39, 0.29) is 6.61 Å². The van der Waals surface area contributed by atoms with Crippen LogP contribution in [0.2, 0.25) is 0 Å². The fourth-order valence-electron chi connectivity index (χ4n) is 2.12. The Morgan fingerprint density at radius 3 is 2.59 bits per heavy atom. The van der Waals surface area contributed by atoms with Crippen molar-refractivity contribution in [1.29, 1.82) is 0 Å². The lowest BCUT2D eigenvalue weighted by Crippen LogP contribution is -2.48. The quantitative estimate of drug-likeness (QED) is 0.722. The summed E-state index contributed by atoms with van der Waals surface area (Å²) >= 11 is 0. The normalized spacial score (nSPS) is 19.1. The third-order valence-corrected chi connectivity index (χ3v) is 3.42. The van der Waals surface area contributed by atoms with Crippen LogP contribution in [0.5, 0.6) is 0 Å². The minimum atomic E-state index is -1.02. The van der Waals surface area contributed by atoms with Crippen LogP contribution in [0.3, 0.4) is 0 Å².